The molecule has 0 bridgehead atoms. The van der Waals surface area contributed by atoms with Gasteiger partial charge in [-0.25, -0.2) is 0 Å². The number of benzene rings is 1. The van der Waals surface area contributed by atoms with Crippen molar-refractivity contribution >= 4 is 18.3 Å². The van der Waals surface area contributed by atoms with Gasteiger partial charge in [-0.3, -0.25) is 9.48 Å². The summed E-state index contributed by atoms with van der Waals surface area (Å²) in [7, 11) is 1.84. The summed E-state index contributed by atoms with van der Waals surface area (Å²) in [5.41, 5.74) is 7.91. The molecular weight excluding hydrogens is 276 g/mol. The third kappa shape index (κ3) is 4.68. The van der Waals surface area contributed by atoms with Crippen LogP contribution >= 0.6 is 12.4 Å². The Morgan fingerprint density at radius 2 is 2.05 bits per heavy atom. The van der Waals surface area contributed by atoms with E-state index in [0.29, 0.717) is 13.0 Å². The van der Waals surface area contributed by atoms with Crippen molar-refractivity contribution in [3.63, 3.8) is 0 Å². The molecule has 0 aliphatic heterocycles. The predicted octanol–water partition coefficient (Wildman–Crippen LogP) is 1.03. The zero-order valence-electron chi connectivity index (χ0n) is 11.3. The molecule has 0 fully saturated rings. The number of halogens is 1. The van der Waals surface area contributed by atoms with Gasteiger partial charge < -0.3 is 11.1 Å². The second-order valence-electron chi connectivity index (χ2n) is 4.54. The van der Waals surface area contributed by atoms with Gasteiger partial charge in [-0.2, -0.15) is 5.10 Å². The molecule has 1 aromatic heterocycles. The minimum Gasteiger partial charge on any atom is -0.351 e. The van der Waals surface area contributed by atoms with Crippen molar-refractivity contribution in [2.45, 2.75) is 19.0 Å². The molecule has 1 heterocycles. The lowest BCUT2D eigenvalue weighted by atomic mass is 10.1. The van der Waals surface area contributed by atoms with E-state index in [1.165, 1.54) is 0 Å². The lowest BCUT2D eigenvalue weighted by Crippen LogP contribution is -2.41. The van der Waals surface area contributed by atoms with Crippen LogP contribution < -0.4 is 11.1 Å². The number of nitrogens with zero attached hydrogens (tertiary/aromatic N) is 2. The molecule has 3 N–H and O–H groups in total. The van der Waals surface area contributed by atoms with Crippen molar-refractivity contribution in [3.8, 4) is 0 Å². The third-order valence-electron chi connectivity index (χ3n) is 2.86. The molecule has 2 aromatic rings. The number of amides is 1. The fourth-order valence-electron chi connectivity index (χ4n) is 1.84. The van der Waals surface area contributed by atoms with Gasteiger partial charge in [0.25, 0.3) is 0 Å². The van der Waals surface area contributed by atoms with Gasteiger partial charge in [-0.05, 0) is 12.0 Å². The van der Waals surface area contributed by atoms with Gasteiger partial charge in [0.05, 0.1) is 12.2 Å². The Labute approximate surface area is 124 Å². The van der Waals surface area contributed by atoms with Crippen LogP contribution in [0.25, 0.3) is 0 Å². The topological polar surface area (TPSA) is 72.9 Å². The Morgan fingerprint density at radius 3 is 2.65 bits per heavy atom. The molecule has 2 rings (SSSR count). The largest absolute Gasteiger partial charge is 0.351 e. The summed E-state index contributed by atoms with van der Waals surface area (Å²) in [5, 5.41) is 6.86. The molecule has 1 aromatic carbocycles. The van der Waals surface area contributed by atoms with Gasteiger partial charge in [0.1, 0.15) is 0 Å². The van der Waals surface area contributed by atoms with Crippen LogP contribution in [0.1, 0.15) is 11.1 Å². The van der Waals surface area contributed by atoms with Gasteiger partial charge >= 0.3 is 0 Å². The summed E-state index contributed by atoms with van der Waals surface area (Å²) in [6.45, 7) is 0.454. The number of rotatable bonds is 5. The van der Waals surface area contributed by atoms with Crippen LogP contribution in [0.3, 0.4) is 0 Å². The first-order valence-electron chi connectivity index (χ1n) is 6.20. The molecular formula is C14H19ClN4O. The zero-order chi connectivity index (χ0) is 13.7. The second kappa shape index (κ2) is 7.67. The van der Waals surface area contributed by atoms with Gasteiger partial charge in [0.15, 0.2) is 0 Å². The smallest absolute Gasteiger partial charge is 0.237 e. The maximum absolute atomic E-state index is 11.9. The average molecular weight is 295 g/mol. The SMILES string of the molecule is Cl.Cn1cc(CNC(=O)C(N)Cc2ccccc2)cn1. The maximum Gasteiger partial charge on any atom is 0.237 e. The van der Waals surface area contributed by atoms with Gasteiger partial charge in [0, 0.05) is 25.4 Å². The summed E-state index contributed by atoms with van der Waals surface area (Å²) in [6, 6.07) is 9.23. The number of aromatic nitrogens is 2. The molecule has 1 atom stereocenters. The van der Waals surface area contributed by atoms with Crippen molar-refractivity contribution in [2.75, 3.05) is 0 Å². The Morgan fingerprint density at radius 1 is 1.35 bits per heavy atom. The van der Waals surface area contributed by atoms with E-state index in [4.69, 9.17) is 5.73 Å². The van der Waals surface area contributed by atoms with Crippen LogP contribution in [0.2, 0.25) is 0 Å². The molecule has 1 unspecified atom stereocenters. The molecule has 108 valence electrons. The molecule has 0 saturated heterocycles. The van der Waals surface area contributed by atoms with E-state index < -0.39 is 6.04 Å². The minimum absolute atomic E-state index is 0. The van der Waals surface area contributed by atoms with Crippen molar-refractivity contribution in [3.05, 3.63) is 53.9 Å². The number of nitrogens with one attached hydrogen (secondary N) is 1. The molecule has 6 heteroatoms. The molecule has 0 radical (unpaired) electrons. The highest BCUT2D eigenvalue weighted by Crippen LogP contribution is 2.02. The summed E-state index contributed by atoms with van der Waals surface area (Å²) in [4.78, 5) is 11.9. The number of hydrogen-bond donors (Lipinski definition) is 2. The molecule has 0 aliphatic rings. The molecule has 0 saturated carbocycles. The van der Waals surface area contributed by atoms with Crippen LogP contribution in [0, 0.1) is 0 Å². The van der Waals surface area contributed by atoms with Crippen LogP contribution in [-0.2, 0) is 24.8 Å². The normalized spacial score (nSPS) is 11.5. The quantitative estimate of drug-likeness (QED) is 0.865. The van der Waals surface area contributed by atoms with Crippen LogP contribution in [0.15, 0.2) is 42.7 Å². The van der Waals surface area contributed by atoms with Gasteiger partial charge in [-0.1, -0.05) is 30.3 Å². The summed E-state index contributed by atoms with van der Waals surface area (Å²) in [5.74, 6) is -0.146. The van der Waals surface area contributed by atoms with E-state index in [2.05, 4.69) is 10.4 Å². The summed E-state index contributed by atoms with van der Waals surface area (Å²) < 4.78 is 1.70. The molecule has 20 heavy (non-hydrogen) atoms. The molecule has 0 spiro atoms. The monoisotopic (exact) mass is 294 g/mol. The van der Waals surface area contributed by atoms with Crippen molar-refractivity contribution in [1.82, 2.24) is 15.1 Å². The first-order chi connectivity index (χ1) is 9.15. The molecule has 0 aliphatic carbocycles. The Kier molecular flexibility index (Phi) is 6.21. The molecule has 5 nitrogen and oxygen atoms in total. The predicted molar refractivity (Wildman–Crippen MR) is 80.4 cm³/mol. The lowest BCUT2D eigenvalue weighted by Gasteiger charge is -2.11. The van der Waals surface area contributed by atoms with Crippen LogP contribution in [0.5, 0.6) is 0 Å². The summed E-state index contributed by atoms with van der Waals surface area (Å²) >= 11 is 0. The second-order valence-corrected chi connectivity index (χ2v) is 4.54. The highest BCUT2D eigenvalue weighted by atomic mass is 35.5. The number of aryl methyl sites for hydroxylation is 1. The Hall–Kier alpha value is -1.85. The zero-order valence-corrected chi connectivity index (χ0v) is 12.1. The van der Waals surface area contributed by atoms with Crippen molar-refractivity contribution in [1.29, 1.82) is 0 Å². The van der Waals surface area contributed by atoms with Gasteiger partial charge in [-0.15, -0.1) is 12.4 Å². The highest BCUT2D eigenvalue weighted by Gasteiger charge is 2.13. The average Bonchev–Trinajstić information content (AvgIpc) is 2.83. The van der Waals surface area contributed by atoms with Crippen LogP contribution in [-0.4, -0.2) is 21.7 Å². The number of hydrogen-bond acceptors (Lipinski definition) is 3. The van der Waals surface area contributed by atoms with E-state index >= 15 is 0 Å². The fraction of sp³-hybridized carbons (Fsp3) is 0.286. The Balaban J connectivity index is 0.00000200. The van der Waals surface area contributed by atoms with E-state index in [-0.39, 0.29) is 18.3 Å². The number of carbonyl (C=O) groups is 1. The Bertz CT molecular complexity index is 541. The fourth-order valence-corrected chi connectivity index (χ4v) is 1.84. The van der Waals surface area contributed by atoms with E-state index in [0.717, 1.165) is 11.1 Å². The lowest BCUT2D eigenvalue weighted by molar-refractivity contribution is -0.122. The van der Waals surface area contributed by atoms with E-state index in [9.17, 15) is 4.79 Å². The maximum atomic E-state index is 11.9. The standard InChI is InChI=1S/C14H18N4O.ClH/c1-18-10-12(9-17-18)8-16-14(19)13(15)7-11-5-3-2-4-6-11;/h2-6,9-10,13H,7-8,15H2,1H3,(H,16,19);1H. The summed E-state index contributed by atoms with van der Waals surface area (Å²) in [6.07, 6.45) is 4.13. The minimum atomic E-state index is -0.529. The van der Waals surface area contributed by atoms with Crippen molar-refractivity contribution < 1.29 is 4.79 Å². The first-order valence-corrected chi connectivity index (χ1v) is 6.20. The third-order valence-corrected chi connectivity index (χ3v) is 2.86. The highest BCUT2D eigenvalue weighted by molar-refractivity contribution is 5.85. The molecule has 1 amide bonds. The van der Waals surface area contributed by atoms with Crippen LogP contribution in [0.4, 0.5) is 0 Å². The van der Waals surface area contributed by atoms with Crippen molar-refractivity contribution in [2.24, 2.45) is 12.8 Å². The number of carbonyl (C=O) groups excluding carboxylic acids is 1. The van der Waals surface area contributed by atoms with E-state index in [1.807, 2.05) is 43.6 Å². The first kappa shape index (κ1) is 16.2. The van der Waals surface area contributed by atoms with Gasteiger partial charge in [0.2, 0.25) is 5.91 Å². The number of nitrogens with two attached hydrogens (primary N) is 1. The van der Waals surface area contributed by atoms with E-state index in [1.54, 1.807) is 10.9 Å².